The van der Waals surface area contributed by atoms with Gasteiger partial charge in [-0.2, -0.15) is 0 Å². The maximum atomic E-state index is 6.25. The van der Waals surface area contributed by atoms with Crippen LogP contribution in [0.15, 0.2) is 34.7 Å². The van der Waals surface area contributed by atoms with E-state index in [4.69, 9.17) is 4.42 Å². The Balaban J connectivity index is 2.38. The van der Waals surface area contributed by atoms with Crippen LogP contribution in [0.1, 0.15) is 27.8 Å². The van der Waals surface area contributed by atoms with Crippen molar-refractivity contribution in [2.24, 2.45) is 0 Å². The predicted molar refractivity (Wildman–Crippen MR) is 94.9 cm³/mol. The lowest BCUT2D eigenvalue weighted by atomic mass is 9.92. The number of furan rings is 1. The van der Waals surface area contributed by atoms with Gasteiger partial charge in [0.1, 0.15) is 11.2 Å². The van der Waals surface area contributed by atoms with E-state index in [-0.39, 0.29) is 0 Å². The molecule has 0 saturated heterocycles. The minimum absolute atomic E-state index is 0.990. The monoisotopic (exact) mass is 288 g/mol. The smallest absolute Gasteiger partial charge is 0.138 e. The average molecular weight is 288 g/mol. The lowest BCUT2D eigenvalue weighted by Gasteiger charge is -2.10. The predicted octanol–water partition coefficient (Wildman–Crippen LogP) is 6.28. The molecular formula is C21H20O. The molecule has 0 fully saturated rings. The summed E-state index contributed by atoms with van der Waals surface area (Å²) in [6, 6.07) is 10.8. The third kappa shape index (κ3) is 1.54. The first-order valence-electron chi connectivity index (χ1n) is 7.81. The van der Waals surface area contributed by atoms with Crippen LogP contribution in [0.2, 0.25) is 0 Å². The Morgan fingerprint density at radius 2 is 1.36 bits per heavy atom. The summed E-state index contributed by atoms with van der Waals surface area (Å²) in [4.78, 5) is 0. The van der Waals surface area contributed by atoms with Crippen molar-refractivity contribution in [3.63, 3.8) is 0 Å². The largest absolute Gasteiger partial charge is 0.456 e. The molecule has 1 nitrogen and oxygen atoms in total. The topological polar surface area (TPSA) is 13.1 Å². The first-order valence-corrected chi connectivity index (χ1v) is 7.81. The quantitative estimate of drug-likeness (QED) is 0.371. The van der Waals surface area contributed by atoms with Gasteiger partial charge in [-0.25, -0.2) is 0 Å². The van der Waals surface area contributed by atoms with Gasteiger partial charge in [-0.3, -0.25) is 0 Å². The minimum Gasteiger partial charge on any atom is -0.456 e. The summed E-state index contributed by atoms with van der Waals surface area (Å²) >= 11 is 0. The Hall–Kier alpha value is -2.28. The number of fused-ring (bicyclic) bond motifs is 5. The van der Waals surface area contributed by atoms with E-state index in [2.05, 4.69) is 65.0 Å². The molecule has 0 aliphatic heterocycles. The van der Waals surface area contributed by atoms with Crippen LogP contribution < -0.4 is 0 Å². The van der Waals surface area contributed by atoms with Crippen molar-refractivity contribution < 1.29 is 4.42 Å². The van der Waals surface area contributed by atoms with Crippen LogP contribution in [-0.2, 0) is 0 Å². The molecule has 1 heterocycles. The molecule has 4 rings (SSSR count). The van der Waals surface area contributed by atoms with E-state index < -0.39 is 0 Å². The highest BCUT2D eigenvalue weighted by molar-refractivity contribution is 6.20. The molecule has 1 heteroatoms. The molecule has 0 spiro atoms. The van der Waals surface area contributed by atoms with Crippen LogP contribution in [0.5, 0.6) is 0 Å². The van der Waals surface area contributed by atoms with Crippen LogP contribution in [0.25, 0.3) is 32.7 Å². The molecular weight excluding hydrogens is 268 g/mol. The normalized spacial score (nSPS) is 11.9. The molecule has 110 valence electrons. The number of hydrogen-bond acceptors (Lipinski definition) is 1. The van der Waals surface area contributed by atoms with Crippen LogP contribution >= 0.6 is 0 Å². The lowest BCUT2D eigenvalue weighted by molar-refractivity contribution is 0.665. The maximum absolute atomic E-state index is 6.25. The standard InChI is InChI=1S/C21H20O/c1-11-7-6-8-17-16(11)9-10-18-20(17)19-14(4)12(2)13(3)15(5)21(19)22-18/h6-10H,1-5H3. The Kier molecular flexibility index (Phi) is 2.65. The minimum atomic E-state index is 0.990. The number of benzene rings is 3. The van der Waals surface area contributed by atoms with Gasteiger partial charge in [0.2, 0.25) is 0 Å². The van der Waals surface area contributed by atoms with E-state index in [1.165, 1.54) is 49.4 Å². The molecule has 22 heavy (non-hydrogen) atoms. The third-order valence-electron chi connectivity index (χ3n) is 5.33. The van der Waals surface area contributed by atoms with Crippen molar-refractivity contribution in [1.82, 2.24) is 0 Å². The van der Waals surface area contributed by atoms with Gasteiger partial charge in [0.25, 0.3) is 0 Å². The van der Waals surface area contributed by atoms with Crippen LogP contribution in [0.4, 0.5) is 0 Å². The van der Waals surface area contributed by atoms with Crippen molar-refractivity contribution in [2.75, 3.05) is 0 Å². The van der Waals surface area contributed by atoms with Crippen molar-refractivity contribution in [3.8, 4) is 0 Å². The summed E-state index contributed by atoms with van der Waals surface area (Å²) in [6.07, 6.45) is 0. The summed E-state index contributed by atoms with van der Waals surface area (Å²) in [5, 5.41) is 5.15. The molecule has 0 aliphatic carbocycles. The van der Waals surface area contributed by atoms with Crippen molar-refractivity contribution in [3.05, 3.63) is 58.1 Å². The SMILES string of the molecule is Cc1c(C)c(C)c2c(oc3ccc4c(C)cccc4c32)c1C. The molecule has 4 aromatic rings. The number of aryl methyl sites for hydroxylation is 3. The highest BCUT2D eigenvalue weighted by Crippen LogP contribution is 2.40. The van der Waals surface area contributed by atoms with Crippen molar-refractivity contribution in [2.45, 2.75) is 34.6 Å². The summed E-state index contributed by atoms with van der Waals surface area (Å²) in [7, 11) is 0. The first-order chi connectivity index (χ1) is 10.5. The fourth-order valence-corrected chi connectivity index (χ4v) is 3.65. The molecule has 3 aromatic carbocycles. The average Bonchev–Trinajstić information content (AvgIpc) is 2.91. The Morgan fingerprint density at radius 3 is 2.14 bits per heavy atom. The van der Waals surface area contributed by atoms with Gasteiger partial charge >= 0.3 is 0 Å². The summed E-state index contributed by atoms with van der Waals surface area (Å²) in [6.45, 7) is 11.0. The summed E-state index contributed by atoms with van der Waals surface area (Å²) < 4.78 is 6.25. The highest BCUT2D eigenvalue weighted by Gasteiger charge is 2.18. The lowest BCUT2D eigenvalue weighted by Crippen LogP contribution is -1.92. The van der Waals surface area contributed by atoms with Gasteiger partial charge < -0.3 is 4.42 Å². The van der Waals surface area contributed by atoms with E-state index >= 15 is 0 Å². The van der Waals surface area contributed by atoms with Crippen molar-refractivity contribution >= 4 is 32.7 Å². The van der Waals surface area contributed by atoms with E-state index in [0.717, 1.165) is 11.2 Å². The summed E-state index contributed by atoms with van der Waals surface area (Å²) in [5.74, 6) is 0. The summed E-state index contributed by atoms with van der Waals surface area (Å²) in [5.41, 5.74) is 8.66. The third-order valence-corrected chi connectivity index (χ3v) is 5.33. The second-order valence-corrected chi connectivity index (χ2v) is 6.41. The van der Waals surface area contributed by atoms with Gasteiger partial charge in [-0.1, -0.05) is 24.3 Å². The van der Waals surface area contributed by atoms with Gasteiger partial charge in [0, 0.05) is 10.8 Å². The molecule has 0 atom stereocenters. The Bertz CT molecular complexity index is 1060. The number of hydrogen-bond donors (Lipinski definition) is 0. The molecule has 1 aromatic heterocycles. The van der Waals surface area contributed by atoms with E-state index in [9.17, 15) is 0 Å². The molecule has 0 amide bonds. The second-order valence-electron chi connectivity index (χ2n) is 6.41. The zero-order valence-electron chi connectivity index (χ0n) is 13.8. The zero-order chi connectivity index (χ0) is 15.6. The molecule has 0 saturated carbocycles. The molecule has 0 aliphatic rings. The second kappa shape index (κ2) is 4.36. The van der Waals surface area contributed by atoms with Gasteiger partial charge in [-0.05, 0) is 79.3 Å². The van der Waals surface area contributed by atoms with E-state index in [1.807, 2.05) is 0 Å². The zero-order valence-corrected chi connectivity index (χ0v) is 13.8. The van der Waals surface area contributed by atoms with Crippen LogP contribution in [0, 0.1) is 34.6 Å². The fourth-order valence-electron chi connectivity index (χ4n) is 3.65. The van der Waals surface area contributed by atoms with E-state index in [1.54, 1.807) is 0 Å². The molecule has 0 radical (unpaired) electrons. The van der Waals surface area contributed by atoms with Gasteiger partial charge in [0.15, 0.2) is 0 Å². The van der Waals surface area contributed by atoms with Gasteiger partial charge in [0.05, 0.1) is 0 Å². The van der Waals surface area contributed by atoms with E-state index in [0.29, 0.717) is 0 Å². The van der Waals surface area contributed by atoms with Crippen LogP contribution in [-0.4, -0.2) is 0 Å². The molecule has 0 unspecified atom stereocenters. The fraction of sp³-hybridized carbons (Fsp3) is 0.238. The Labute approximate surface area is 130 Å². The van der Waals surface area contributed by atoms with Crippen molar-refractivity contribution in [1.29, 1.82) is 0 Å². The highest BCUT2D eigenvalue weighted by atomic mass is 16.3. The first kappa shape index (κ1) is 13.4. The maximum Gasteiger partial charge on any atom is 0.138 e. The van der Waals surface area contributed by atoms with Crippen LogP contribution in [0.3, 0.4) is 0 Å². The van der Waals surface area contributed by atoms with Gasteiger partial charge in [-0.15, -0.1) is 0 Å². The Morgan fingerprint density at radius 1 is 0.636 bits per heavy atom. The number of rotatable bonds is 0. The molecule has 0 bridgehead atoms. The molecule has 0 N–H and O–H groups in total.